The molecule has 0 fully saturated rings. The number of rotatable bonds is 5. The molecule has 0 aliphatic carbocycles. The summed E-state index contributed by atoms with van der Waals surface area (Å²) < 4.78 is 18.8. The Kier molecular flexibility index (Phi) is 4.69. The lowest BCUT2D eigenvalue weighted by Gasteiger charge is -2.09. The van der Waals surface area contributed by atoms with Crippen molar-refractivity contribution in [2.24, 2.45) is 0 Å². The first-order valence-electron chi connectivity index (χ1n) is 6.60. The Morgan fingerprint density at radius 3 is 2.86 bits per heavy atom. The Morgan fingerprint density at radius 2 is 2.23 bits per heavy atom. The molecular formula is C16H13FN2O3. The topological polar surface area (TPSA) is 63.8 Å². The molecule has 0 unspecified atom stereocenters. The van der Waals surface area contributed by atoms with Crippen LogP contribution >= 0.6 is 0 Å². The monoisotopic (exact) mass is 300 g/mol. The van der Waals surface area contributed by atoms with E-state index in [4.69, 9.17) is 16.4 Å². The predicted molar refractivity (Wildman–Crippen MR) is 78.6 cm³/mol. The molecule has 1 aromatic carbocycles. The zero-order chi connectivity index (χ0) is 16.1. The molecule has 0 amide bonds. The van der Waals surface area contributed by atoms with Crippen LogP contribution in [0.4, 0.5) is 10.1 Å². The van der Waals surface area contributed by atoms with Crippen LogP contribution in [0.5, 0.6) is 5.75 Å². The minimum absolute atomic E-state index is 0.283. The van der Waals surface area contributed by atoms with E-state index >= 15 is 0 Å². The molecular weight excluding hydrogens is 287 g/mol. The van der Waals surface area contributed by atoms with Gasteiger partial charge in [0.05, 0.1) is 30.6 Å². The summed E-state index contributed by atoms with van der Waals surface area (Å²) in [7, 11) is 0. The highest BCUT2D eigenvalue weighted by atomic mass is 19.1. The van der Waals surface area contributed by atoms with Gasteiger partial charge >= 0.3 is 5.97 Å². The fraction of sp³-hybridized carbons (Fsp3) is 0.188. The number of carbonyl (C=O) groups is 1. The van der Waals surface area contributed by atoms with Gasteiger partial charge in [-0.05, 0) is 30.2 Å². The van der Waals surface area contributed by atoms with E-state index in [0.717, 1.165) is 18.7 Å². The van der Waals surface area contributed by atoms with Gasteiger partial charge in [0.1, 0.15) is 5.75 Å². The number of carboxylic acid groups (broad SMARTS) is 1. The molecule has 0 aliphatic rings. The second kappa shape index (κ2) is 6.68. The van der Waals surface area contributed by atoms with Crippen LogP contribution in [0.1, 0.15) is 23.7 Å². The quantitative estimate of drug-likeness (QED) is 0.850. The summed E-state index contributed by atoms with van der Waals surface area (Å²) in [5, 5.41) is 8.94. The van der Waals surface area contributed by atoms with E-state index in [0.29, 0.717) is 23.6 Å². The summed E-state index contributed by atoms with van der Waals surface area (Å²) in [5.41, 5.74) is 0.651. The van der Waals surface area contributed by atoms with Crippen LogP contribution in [0.3, 0.4) is 0 Å². The maximum absolute atomic E-state index is 13.4. The standard InChI is InChI=1S/C16H13FN2O3/c1-3-6-22-15-5-4-10(7-14(15)18-2)13-8-11(16(20)21)12(17)9-19-13/h4-5,7-9H,3,6H2,1H3,(H,20,21). The van der Waals surface area contributed by atoms with Crippen molar-refractivity contribution in [2.45, 2.75) is 13.3 Å². The molecule has 0 saturated carbocycles. The number of aromatic carboxylic acids is 1. The van der Waals surface area contributed by atoms with Crippen LogP contribution in [0, 0.1) is 12.4 Å². The molecule has 112 valence electrons. The molecule has 0 saturated heterocycles. The molecule has 0 radical (unpaired) electrons. The second-order valence-electron chi connectivity index (χ2n) is 4.50. The summed E-state index contributed by atoms with van der Waals surface area (Å²) in [5.74, 6) is -1.81. The molecule has 2 rings (SSSR count). The average molecular weight is 300 g/mol. The molecule has 2 aromatic rings. The number of aromatic nitrogens is 1. The summed E-state index contributed by atoms with van der Waals surface area (Å²) in [4.78, 5) is 18.2. The maximum atomic E-state index is 13.4. The maximum Gasteiger partial charge on any atom is 0.338 e. The van der Waals surface area contributed by atoms with E-state index in [1.54, 1.807) is 18.2 Å². The van der Waals surface area contributed by atoms with Crippen molar-refractivity contribution < 1.29 is 19.0 Å². The molecule has 0 bridgehead atoms. The summed E-state index contributed by atoms with van der Waals surface area (Å²) in [6, 6.07) is 5.98. The zero-order valence-corrected chi connectivity index (χ0v) is 11.8. The van der Waals surface area contributed by atoms with Crippen LogP contribution in [0.25, 0.3) is 16.1 Å². The molecule has 0 atom stereocenters. The Morgan fingerprint density at radius 1 is 1.45 bits per heavy atom. The number of nitrogens with zero attached hydrogens (tertiary/aromatic N) is 2. The lowest BCUT2D eigenvalue weighted by Crippen LogP contribution is -2.02. The van der Waals surface area contributed by atoms with Gasteiger partial charge in [0.15, 0.2) is 5.82 Å². The fourth-order valence-corrected chi connectivity index (χ4v) is 1.86. The minimum atomic E-state index is -1.37. The molecule has 0 spiro atoms. The number of benzene rings is 1. The van der Waals surface area contributed by atoms with Gasteiger partial charge in [-0.3, -0.25) is 4.98 Å². The highest BCUT2D eigenvalue weighted by molar-refractivity contribution is 5.89. The summed E-state index contributed by atoms with van der Waals surface area (Å²) >= 11 is 0. The van der Waals surface area contributed by atoms with Gasteiger partial charge in [-0.15, -0.1) is 0 Å². The lowest BCUT2D eigenvalue weighted by atomic mass is 10.1. The van der Waals surface area contributed by atoms with Gasteiger partial charge in [-0.1, -0.05) is 13.0 Å². The third-order valence-electron chi connectivity index (χ3n) is 2.92. The molecule has 1 N–H and O–H groups in total. The van der Waals surface area contributed by atoms with Crippen LogP contribution in [-0.4, -0.2) is 22.7 Å². The normalized spacial score (nSPS) is 10.0. The van der Waals surface area contributed by atoms with Crippen molar-refractivity contribution in [1.82, 2.24) is 4.98 Å². The van der Waals surface area contributed by atoms with Crippen molar-refractivity contribution in [3.05, 3.63) is 53.3 Å². The van der Waals surface area contributed by atoms with Crippen molar-refractivity contribution >= 4 is 11.7 Å². The Hall–Kier alpha value is -2.94. The van der Waals surface area contributed by atoms with Gasteiger partial charge in [-0.25, -0.2) is 14.0 Å². The van der Waals surface area contributed by atoms with Gasteiger partial charge < -0.3 is 9.84 Å². The number of carboxylic acids is 1. The van der Waals surface area contributed by atoms with E-state index in [1.165, 1.54) is 0 Å². The third-order valence-corrected chi connectivity index (χ3v) is 2.92. The van der Waals surface area contributed by atoms with Gasteiger partial charge in [0, 0.05) is 0 Å². The Labute approximate surface area is 126 Å². The number of ether oxygens (including phenoxy) is 1. The summed E-state index contributed by atoms with van der Waals surface area (Å²) in [6.45, 7) is 9.65. The fourth-order valence-electron chi connectivity index (χ4n) is 1.86. The molecule has 22 heavy (non-hydrogen) atoms. The van der Waals surface area contributed by atoms with Crippen LogP contribution in [-0.2, 0) is 0 Å². The first-order chi connectivity index (χ1) is 10.6. The predicted octanol–water partition coefficient (Wildman–Crippen LogP) is 3.93. The molecule has 5 nitrogen and oxygen atoms in total. The van der Waals surface area contributed by atoms with E-state index in [2.05, 4.69) is 9.83 Å². The number of hydrogen-bond acceptors (Lipinski definition) is 3. The second-order valence-corrected chi connectivity index (χ2v) is 4.50. The lowest BCUT2D eigenvalue weighted by molar-refractivity contribution is 0.0691. The molecule has 6 heteroatoms. The van der Waals surface area contributed by atoms with E-state index in [-0.39, 0.29) is 5.69 Å². The van der Waals surface area contributed by atoms with Gasteiger partial charge in [0.25, 0.3) is 0 Å². The SMILES string of the molecule is [C-]#[N+]c1cc(-c2cc(C(=O)O)c(F)cn2)ccc1OCCC. The van der Waals surface area contributed by atoms with Crippen molar-refractivity contribution in [2.75, 3.05) is 6.61 Å². The largest absolute Gasteiger partial charge is 0.505 e. The average Bonchev–Trinajstić information content (AvgIpc) is 2.53. The van der Waals surface area contributed by atoms with Crippen molar-refractivity contribution in [3.63, 3.8) is 0 Å². The highest BCUT2D eigenvalue weighted by Crippen LogP contribution is 2.32. The molecule has 1 heterocycles. The van der Waals surface area contributed by atoms with Crippen molar-refractivity contribution in [1.29, 1.82) is 0 Å². The smallest absolute Gasteiger partial charge is 0.338 e. The van der Waals surface area contributed by atoms with E-state index in [1.807, 2.05) is 6.92 Å². The van der Waals surface area contributed by atoms with Gasteiger partial charge in [-0.2, -0.15) is 0 Å². The number of hydrogen-bond donors (Lipinski definition) is 1. The zero-order valence-electron chi connectivity index (χ0n) is 11.8. The molecule has 0 aliphatic heterocycles. The van der Waals surface area contributed by atoms with Crippen LogP contribution in [0.2, 0.25) is 0 Å². The van der Waals surface area contributed by atoms with Gasteiger partial charge in [0.2, 0.25) is 5.69 Å². The first-order valence-corrected chi connectivity index (χ1v) is 6.60. The highest BCUT2D eigenvalue weighted by Gasteiger charge is 2.14. The minimum Gasteiger partial charge on any atom is -0.505 e. The van der Waals surface area contributed by atoms with Crippen molar-refractivity contribution in [3.8, 4) is 17.0 Å². The Balaban J connectivity index is 2.43. The molecule has 1 aromatic heterocycles. The van der Waals surface area contributed by atoms with Crippen LogP contribution < -0.4 is 4.74 Å². The summed E-state index contributed by atoms with van der Waals surface area (Å²) in [6.07, 6.45) is 1.68. The van der Waals surface area contributed by atoms with Crippen LogP contribution in [0.15, 0.2) is 30.5 Å². The number of pyridine rings is 1. The first kappa shape index (κ1) is 15.4. The third kappa shape index (κ3) is 3.20. The number of halogens is 1. The Bertz CT molecular complexity index is 754. The van der Waals surface area contributed by atoms with E-state index in [9.17, 15) is 9.18 Å². The van der Waals surface area contributed by atoms with E-state index < -0.39 is 17.3 Å².